The SMILES string of the molecule is COC(=O)c1cccc(-n2cc(CO)c(C)n2)c1. The molecular weight excluding hydrogens is 232 g/mol. The van der Waals surface area contributed by atoms with Crippen molar-refractivity contribution in [2.75, 3.05) is 7.11 Å². The van der Waals surface area contributed by atoms with E-state index in [1.807, 2.05) is 13.0 Å². The maximum atomic E-state index is 11.4. The molecule has 0 radical (unpaired) electrons. The Morgan fingerprint density at radius 3 is 2.89 bits per heavy atom. The van der Waals surface area contributed by atoms with Crippen molar-refractivity contribution in [3.63, 3.8) is 0 Å². The molecule has 0 bridgehead atoms. The maximum absolute atomic E-state index is 11.4. The van der Waals surface area contributed by atoms with E-state index in [0.717, 1.165) is 16.9 Å². The number of benzene rings is 1. The second kappa shape index (κ2) is 5.01. The minimum absolute atomic E-state index is 0.0530. The van der Waals surface area contributed by atoms with Gasteiger partial charge in [-0.15, -0.1) is 0 Å². The van der Waals surface area contributed by atoms with Crippen LogP contribution in [0.2, 0.25) is 0 Å². The number of nitrogens with zero attached hydrogens (tertiary/aromatic N) is 2. The molecule has 5 nitrogen and oxygen atoms in total. The third-order valence-electron chi connectivity index (χ3n) is 2.70. The van der Waals surface area contributed by atoms with Crippen molar-refractivity contribution in [1.82, 2.24) is 9.78 Å². The summed E-state index contributed by atoms with van der Waals surface area (Å²) in [6.07, 6.45) is 1.74. The highest BCUT2D eigenvalue weighted by Crippen LogP contribution is 2.14. The molecule has 0 atom stereocenters. The van der Waals surface area contributed by atoms with E-state index in [0.29, 0.717) is 5.56 Å². The number of methoxy groups -OCH3 is 1. The molecule has 0 amide bonds. The molecule has 18 heavy (non-hydrogen) atoms. The Balaban J connectivity index is 2.41. The summed E-state index contributed by atoms with van der Waals surface area (Å²) in [4.78, 5) is 11.4. The Labute approximate surface area is 105 Å². The van der Waals surface area contributed by atoms with E-state index >= 15 is 0 Å². The summed E-state index contributed by atoms with van der Waals surface area (Å²) in [5, 5.41) is 13.4. The van der Waals surface area contributed by atoms with Gasteiger partial charge in [-0.05, 0) is 25.1 Å². The molecule has 0 aliphatic heterocycles. The average molecular weight is 246 g/mol. The van der Waals surface area contributed by atoms with Gasteiger partial charge in [0.25, 0.3) is 0 Å². The van der Waals surface area contributed by atoms with Gasteiger partial charge in [-0.2, -0.15) is 5.10 Å². The van der Waals surface area contributed by atoms with Crippen LogP contribution in [0.3, 0.4) is 0 Å². The lowest BCUT2D eigenvalue weighted by molar-refractivity contribution is 0.0600. The molecule has 94 valence electrons. The van der Waals surface area contributed by atoms with Gasteiger partial charge in [-0.25, -0.2) is 9.48 Å². The Kier molecular flexibility index (Phi) is 3.43. The first-order chi connectivity index (χ1) is 8.65. The number of esters is 1. The maximum Gasteiger partial charge on any atom is 0.337 e. The van der Waals surface area contributed by atoms with Crippen LogP contribution in [-0.4, -0.2) is 28.0 Å². The first-order valence-electron chi connectivity index (χ1n) is 5.50. The van der Waals surface area contributed by atoms with Crippen molar-refractivity contribution in [1.29, 1.82) is 0 Å². The van der Waals surface area contributed by atoms with E-state index in [9.17, 15) is 4.79 Å². The molecule has 0 aliphatic carbocycles. The lowest BCUT2D eigenvalue weighted by Crippen LogP contribution is -2.03. The molecule has 0 saturated carbocycles. The number of hydrogen-bond donors (Lipinski definition) is 1. The Hall–Kier alpha value is -2.14. The van der Waals surface area contributed by atoms with Gasteiger partial charge in [0.05, 0.1) is 30.7 Å². The number of aliphatic hydroxyl groups is 1. The van der Waals surface area contributed by atoms with Gasteiger partial charge in [-0.1, -0.05) is 6.07 Å². The molecule has 1 aromatic carbocycles. The number of aliphatic hydroxyl groups excluding tert-OH is 1. The van der Waals surface area contributed by atoms with Crippen LogP contribution in [-0.2, 0) is 11.3 Å². The highest BCUT2D eigenvalue weighted by atomic mass is 16.5. The quantitative estimate of drug-likeness (QED) is 0.833. The van der Waals surface area contributed by atoms with Crippen molar-refractivity contribution in [3.05, 3.63) is 47.3 Å². The van der Waals surface area contributed by atoms with Crippen LogP contribution in [0.4, 0.5) is 0 Å². The number of hydrogen-bond acceptors (Lipinski definition) is 4. The van der Waals surface area contributed by atoms with E-state index in [1.54, 1.807) is 29.1 Å². The second-order valence-electron chi connectivity index (χ2n) is 3.88. The Bertz CT molecular complexity index is 575. The molecule has 5 heteroatoms. The minimum Gasteiger partial charge on any atom is -0.465 e. The minimum atomic E-state index is -0.386. The summed E-state index contributed by atoms with van der Waals surface area (Å²) in [6, 6.07) is 6.97. The Morgan fingerprint density at radius 1 is 1.50 bits per heavy atom. The van der Waals surface area contributed by atoms with Crippen LogP contribution < -0.4 is 0 Å². The predicted octanol–water partition coefficient (Wildman–Crippen LogP) is 1.46. The van der Waals surface area contributed by atoms with Crippen LogP contribution in [0, 0.1) is 6.92 Å². The van der Waals surface area contributed by atoms with E-state index in [4.69, 9.17) is 5.11 Å². The van der Waals surface area contributed by atoms with Gasteiger partial charge >= 0.3 is 5.97 Å². The fourth-order valence-corrected chi connectivity index (χ4v) is 1.68. The molecule has 1 aromatic heterocycles. The number of carbonyl (C=O) groups is 1. The van der Waals surface area contributed by atoms with Crippen LogP contribution in [0.5, 0.6) is 0 Å². The molecule has 2 rings (SSSR count). The van der Waals surface area contributed by atoms with Gasteiger partial charge in [-0.3, -0.25) is 0 Å². The molecule has 0 aliphatic rings. The third-order valence-corrected chi connectivity index (χ3v) is 2.70. The second-order valence-corrected chi connectivity index (χ2v) is 3.88. The highest BCUT2D eigenvalue weighted by Gasteiger charge is 2.09. The van der Waals surface area contributed by atoms with Crippen LogP contribution in [0.1, 0.15) is 21.6 Å². The highest BCUT2D eigenvalue weighted by molar-refractivity contribution is 5.89. The summed E-state index contributed by atoms with van der Waals surface area (Å²) in [6.45, 7) is 1.77. The van der Waals surface area contributed by atoms with Crippen molar-refractivity contribution >= 4 is 5.97 Å². The molecule has 0 saturated heterocycles. The zero-order chi connectivity index (χ0) is 13.1. The average Bonchev–Trinajstić information content (AvgIpc) is 2.79. The van der Waals surface area contributed by atoms with Gasteiger partial charge < -0.3 is 9.84 Å². The largest absolute Gasteiger partial charge is 0.465 e. The van der Waals surface area contributed by atoms with Crippen molar-refractivity contribution in [3.8, 4) is 5.69 Å². The smallest absolute Gasteiger partial charge is 0.337 e. The van der Waals surface area contributed by atoms with Gasteiger partial charge in [0.15, 0.2) is 0 Å². The standard InChI is InChI=1S/C13H14N2O3/c1-9-11(8-16)7-15(14-9)12-5-3-4-10(6-12)13(17)18-2/h3-7,16H,8H2,1-2H3. The normalized spacial score (nSPS) is 10.4. The molecule has 2 aromatic rings. The van der Waals surface area contributed by atoms with Gasteiger partial charge in [0, 0.05) is 11.8 Å². The lowest BCUT2D eigenvalue weighted by Gasteiger charge is -2.03. The van der Waals surface area contributed by atoms with Crippen LogP contribution in [0.15, 0.2) is 30.5 Å². The van der Waals surface area contributed by atoms with Crippen molar-refractivity contribution in [2.24, 2.45) is 0 Å². The van der Waals surface area contributed by atoms with Gasteiger partial charge in [0.1, 0.15) is 0 Å². The molecule has 1 N–H and O–H groups in total. The lowest BCUT2D eigenvalue weighted by atomic mass is 10.2. The number of carbonyl (C=O) groups excluding carboxylic acids is 1. The van der Waals surface area contributed by atoms with Crippen LogP contribution >= 0.6 is 0 Å². The van der Waals surface area contributed by atoms with E-state index in [2.05, 4.69) is 9.84 Å². The molecule has 0 spiro atoms. The molecule has 1 heterocycles. The third kappa shape index (κ3) is 2.26. The summed E-state index contributed by atoms with van der Waals surface area (Å²) < 4.78 is 6.30. The zero-order valence-corrected chi connectivity index (χ0v) is 10.3. The van der Waals surface area contributed by atoms with Gasteiger partial charge in [0.2, 0.25) is 0 Å². The van der Waals surface area contributed by atoms with E-state index in [-0.39, 0.29) is 12.6 Å². The predicted molar refractivity (Wildman–Crippen MR) is 65.6 cm³/mol. The number of aromatic nitrogens is 2. The topological polar surface area (TPSA) is 64.3 Å². The summed E-state index contributed by atoms with van der Waals surface area (Å²) in [5.41, 5.74) is 2.74. The molecule has 0 unspecified atom stereocenters. The molecular formula is C13H14N2O3. The van der Waals surface area contributed by atoms with Crippen molar-refractivity contribution < 1.29 is 14.6 Å². The first-order valence-corrected chi connectivity index (χ1v) is 5.50. The molecule has 0 fully saturated rings. The first kappa shape index (κ1) is 12.3. The number of rotatable bonds is 3. The summed E-state index contributed by atoms with van der Waals surface area (Å²) in [5.74, 6) is -0.386. The fraction of sp³-hybridized carbons (Fsp3) is 0.231. The van der Waals surface area contributed by atoms with E-state index in [1.165, 1.54) is 7.11 Å². The fourth-order valence-electron chi connectivity index (χ4n) is 1.68. The summed E-state index contributed by atoms with van der Waals surface area (Å²) >= 11 is 0. The van der Waals surface area contributed by atoms with Crippen LogP contribution in [0.25, 0.3) is 5.69 Å². The number of aryl methyl sites for hydroxylation is 1. The summed E-state index contributed by atoms with van der Waals surface area (Å²) in [7, 11) is 1.34. The monoisotopic (exact) mass is 246 g/mol. The number of ether oxygens (including phenoxy) is 1. The zero-order valence-electron chi connectivity index (χ0n) is 10.3. The Morgan fingerprint density at radius 2 is 2.28 bits per heavy atom. The van der Waals surface area contributed by atoms with Crippen molar-refractivity contribution in [2.45, 2.75) is 13.5 Å². The van der Waals surface area contributed by atoms with E-state index < -0.39 is 0 Å².